The summed E-state index contributed by atoms with van der Waals surface area (Å²) in [7, 11) is -0.944. The first-order chi connectivity index (χ1) is 8.44. The highest BCUT2D eigenvalue weighted by atomic mass is 32.2. The summed E-state index contributed by atoms with van der Waals surface area (Å²) in [4.78, 5) is 2.35. The molecule has 1 heterocycles. The fourth-order valence-corrected chi connectivity index (χ4v) is 3.46. The zero-order valence-corrected chi connectivity index (χ0v) is 12.6. The summed E-state index contributed by atoms with van der Waals surface area (Å²) in [6, 6.07) is 0.379. The van der Waals surface area contributed by atoms with Crippen LogP contribution in [0.2, 0.25) is 0 Å². The first kappa shape index (κ1) is 15.9. The number of nitrogens with zero attached hydrogens (tertiary/aromatic N) is 1. The van der Waals surface area contributed by atoms with Gasteiger partial charge in [0.1, 0.15) is 0 Å². The van der Waals surface area contributed by atoms with Gasteiger partial charge in [-0.25, -0.2) is 13.1 Å². The first-order valence-corrected chi connectivity index (χ1v) is 8.49. The maximum Gasteiger partial charge on any atom is 0.212 e. The standard InChI is InChI=1S/C12H27N3O2S/c1-4-14-18(16,17)9-7-13-11(2)12-6-5-8-15(3)10-12/h11-14H,4-10H2,1-3H3. The van der Waals surface area contributed by atoms with Gasteiger partial charge in [0.05, 0.1) is 5.75 Å². The third-order valence-corrected chi connectivity index (χ3v) is 5.04. The quantitative estimate of drug-likeness (QED) is 0.700. The fraction of sp³-hybridized carbons (Fsp3) is 1.00. The molecule has 1 aliphatic heterocycles. The van der Waals surface area contributed by atoms with Gasteiger partial charge in [-0.2, -0.15) is 0 Å². The number of piperidine rings is 1. The van der Waals surface area contributed by atoms with Crippen LogP contribution in [-0.2, 0) is 10.0 Å². The van der Waals surface area contributed by atoms with E-state index in [4.69, 9.17) is 0 Å². The SMILES string of the molecule is CCNS(=O)(=O)CCNC(C)C1CCCN(C)C1. The number of rotatable bonds is 7. The van der Waals surface area contributed by atoms with Gasteiger partial charge in [-0.15, -0.1) is 0 Å². The van der Waals surface area contributed by atoms with E-state index in [2.05, 4.69) is 28.9 Å². The van der Waals surface area contributed by atoms with Crippen LogP contribution in [0.3, 0.4) is 0 Å². The Morgan fingerprint density at radius 3 is 2.78 bits per heavy atom. The van der Waals surface area contributed by atoms with Gasteiger partial charge in [0.25, 0.3) is 0 Å². The van der Waals surface area contributed by atoms with Crippen LogP contribution in [-0.4, -0.2) is 58.3 Å². The summed E-state index contributed by atoms with van der Waals surface area (Å²) in [6.45, 7) is 7.23. The minimum atomic E-state index is -3.09. The molecule has 1 rings (SSSR count). The van der Waals surface area contributed by atoms with Crippen LogP contribution in [0.25, 0.3) is 0 Å². The van der Waals surface area contributed by atoms with Crippen molar-refractivity contribution >= 4 is 10.0 Å². The van der Waals surface area contributed by atoms with Crippen LogP contribution in [0.5, 0.6) is 0 Å². The number of sulfonamides is 1. The van der Waals surface area contributed by atoms with Crippen LogP contribution in [0, 0.1) is 5.92 Å². The lowest BCUT2D eigenvalue weighted by molar-refractivity contribution is 0.180. The molecule has 5 nitrogen and oxygen atoms in total. The van der Waals surface area contributed by atoms with E-state index in [9.17, 15) is 8.42 Å². The molecule has 0 aliphatic carbocycles. The third kappa shape index (κ3) is 5.65. The smallest absolute Gasteiger partial charge is 0.212 e. The second kappa shape index (κ2) is 7.43. The lowest BCUT2D eigenvalue weighted by Gasteiger charge is -2.34. The highest BCUT2D eigenvalue weighted by molar-refractivity contribution is 7.89. The lowest BCUT2D eigenvalue weighted by Crippen LogP contribution is -2.44. The molecular formula is C12H27N3O2S. The molecule has 2 unspecified atom stereocenters. The Kier molecular flexibility index (Phi) is 6.55. The normalized spacial score (nSPS) is 24.1. The van der Waals surface area contributed by atoms with Crippen molar-refractivity contribution < 1.29 is 8.42 Å². The number of hydrogen-bond donors (Lipinski definition) is 2. The molecule has 2 N–H and O–H groups in total. The van der Waals surface area contributed by atoms with Crippen LogP contribution in [0.15, 0.2) is 0 Å². The molecule has 1 aliphatic rings. The Morgan fingerprint density at radius 2 is 2.17 bits per heavy atom. The molecule has 0 bridgehead atoms. The van der Waals surface area contributed by atoms with E-state index in [1.54, 1.807) is 6.92 Å². The molecule has 0 amide bonds. The molecule has 0 saturated carbocycles. The van der Waals surface area contributed by atoms with Crippen molar-refractivity contribution in [2.75, 3.05) is 39.0 Å². The number of likely N-dealkylation sites (tertiary alicyclic amines) is 1. The van der Waals surface area contributed by atoms with E-state index >= 15 is 0 Å². The topological polar surface area (TPSA) is 61.4 Å². The Bertz CT molecular complexity index is 332. The fourth-order valence-electron chi connectivity index (χ4n) is 2.49. The molecular weight excluding hydrogens is 250 g/mol. The maximum absolute atomic E-state index is 11.5. The molecule has 0 spiro atoms. The van der Waals surface area contributed by atoms with Crippen molar-refractivity contribution in [3.05, 3.63) is 0 Å². The maximum atomic E-state index is 11.5. The molecule has 2 atom stereocenters. The van der Waals surface area contributed by atoms with E-state index in [0.29, 0.717) is 25.0 Å². The van der Waals surface area contributed by atoms with E-state index < -0.39 is 10.0 Å². The second-order valence-corrected chi connectivity index (χ2v) is 7.15. The second-order valence-electron chi connectivity index (χ2n) is 5.22. The average Bonchev–Trinajstić information content (AvgIpc) is 2.28. The monoisotopic (exact) mass is 277 g/mol. The van der Waals surface area contributed by atoms with Gasteiger partial charge in [0.2, 0.25) is 10.0 Å². The summed E-state index contributed by atoms with van der Waals surface area (Å²) in [6.07, 6.45) is 2.47. The van der Waals surface area contributed by atoms with E-state index in [0.717, 1.165) is 6.54 Å². The summed E-state index contributed by atoms with van der Waals surface area (Å²) < 4.78 is 25.5. The van der Waals surface area contributed by atoms with Crippen molar-refractivity contribution in [3.8, 4) is 0 Å². The highest BCUT2D eigenvalue weighted by Crippen LogP contribution is 2.18. The molecule has 0 aromatic carbocycles. The summed E-state index contributed by atoms with van der Waals surface area (Å²) in [5, 5.41) is 3.34. The summed E-state index contributed by atoms with van der Waals surface area (Å²) in [5.41, 5.74) is 0. The number of nitrogens with one attached hydrogen (secondary N) is 2. The van der Waals surface area contributed by atoms with Crippen molar-refractivity contribution in [1.82, 2.24) is 14.9 Å². The van der Waals surface area contributed by atoms with Gasteiger partial charge in [0, 0.05) is 25.7 Å². The Balaban J connectivity index is 2.26. The van der Waals surface area contributed by atoms with Crippen molar-refractivity contribution in [2.24, 2.45) is 5.92 Å². The van der Waals surface area contributed by atoms with Gasteiger partial charge < -0.3 is 10.2 Å². The summed E-state index contributed by atoms with van der Waals surface area (Å²) >= 11 is 0. The van der Waals surface area contributed by atoms with Crippen LogP contribution in [0.1, 0.15) is 26.7 Å². The predicted octanol–water partition coefficient (Wildman–Crippen LogP) is 0.246. The first-order valence-electron chi connectivity index (χ1n) is 6.84. The van der Waals surface area contributed by atoms with Gasteiger partial charge in [-0.3, -0.25) is 0 Å². The average molecular weight is 277 g/mol. The van der Waals surface area contributed by atoms with Crippen molar-refractivity contribution in [3.63, 3.8) is 0 Å². The summed E-state index contributed by atoms with van der Waals surface area (Å²) in [5.74, 6) is 0.791. The highest BCUT2D eigenvalue weighted by Gasteiger charge is 2.22. The zero-order valence-electron chi connectivity index (χ0n) is 11.8. The van der Waals surface area contributed by atoms with E-state index in [-0.39, 0.29) is 5.75 Å². The lowest BCUT2D eigenvalue weighted by atomic mass is 9.92. The van der Waals surface area contributed by atoms with Gasteiger partial charge in [0.15, 0.2) is 0 Å². The van der Waals surface area contributed by atoms with Crippen LogP contribution >= 0.6 is 0 Å². The Labute approximate surface area is 111 Å². The minimum Gasteiger partial charge on any atom is -0.313 e. The molecule has 0 aromatic rings. The van der Waals surface area contributed by atoms with E-state index in [1.807, 2.05) is 0 Å². The van der Waals surface area contributed by atoms with Gasteiger partial charge in [-0.05, 0) is 39.3 Å². The molecule has 0 radical (unpaired) electrons. The third-order valence-electron chi connectivity index (χ3n) is 3.57. The minimum absolute atomic E-state index is 0.160. The van der Waals surface area contributed by atoms with Crippen LogP contribution in [0.4, 0.5) is 0 Å². The zero-order chi connectivity index (χ0) is 13.6. The van der Waals surface area contributed by atoms with Gasteiger partial charge >= 0.3 is 0 Å². The van der Waals surface area contributed by atoms with Gasteiger partial charge in [-0.1, -0.05) is 6.92 Å². The van der Waals surface area contributed by atoms with Crippen molar-refractivity contribution in [1.29, 1.82) is 0 Å². The van der Waals surface area contributed by atoms with Crippen molar-refractivity contribution in [2.45, 2.75) is 32.7 Å². The molecule has 18 heavy (non-hydrogen) atoms. The Morgan fingerprint density at radius 1 is 1.44 bits per heavy atom. The van der Waals surface area contributed by atoms with Crippen LogP contribution < -0.4 is 10.0 Å². The molecule has 6 heteroatoms. The molecule has 108 valence electrons. The van der Waals surface area contributed by atoms with E-state index in [1.165, 1.54) is 19.4 Å². The predicted molar refractivity (Wildman–Crippen MR) is 75.1 cm³/mol. The molecule has 0 aromatic heterocycles. The number of hydrogen-bond acceptors (Lipinski definition) is 4. The Hall–Kier alpha value is -0.170. The molecule has 1 saturated heterocycles. The largest absolute Gasteiger partial charge is 0.313 e. The molecule has 1 fully saturated rings.